The van der Waals surface area contributed by atoms with E-state index in [0.717, 1.165) is 6.42 Å². The van der Waals surface area contributed by atoms with Gasteiger partial charge in [-0.3, -0.25) is 0 Å². The normalized spacial score (nSPS) is 29.2. The first-order valence-electron chi connectivity index (χ1n) is 4.89. The summed E-state index contributed by atoms with van der Waals surface area (Å²) in [6.07, 6.45) is 0.733. The van der Waals surface area contributed by atoms with Crippen molar-refractivity contribution in [1.82, 2.24) is 0 Å². The van der Waals surface area contributed by atoms with E-state index >= 15 is 0 Å². The highest BCUT2D eigenvalue weighted by atomic mass is 35.5. The summed E-state index contributed by atoms with van der Waals surface area (Å²) < 4.78 is 13.7. The number of aliphatic hydroxyl groups is 1. The van der Waals surface area contributed by atoms with Crippen molar-refractivity contribution in [2.24, 2.45) is 11.1 Å². The van der Waals surface area contributed by atoms with E-state index in [0.29, 0.717) is 12.1 Å². The number of benzene rings is 1. The molecule has 1 aliphatic rings. The van der Waals surface area contributed by atoms with Gasteiger partial charge >= 0.3 is 0 Å². The molecule has 2 unspecified atom stereocenters. The molecule has 2 rings (SSSR count). The SMILES string of the molecule is NCC1(CO)CC1c1cccc(Cl)c1F. The molecule has 0 saturated heterocycles. The maximum absolute atomic E-state index is 13.7. The van der Waals surface area contributed by atoms with Crippen LogP contribution < -0.4 is 5.73 Å². The van der Waals surface area contributed by atoms with E-state index in [2.05, 4.69) is 0 Å². The Morgan fingerprint density at radius 3 is 2.87 bits per heavy atom. The maximum Gasteiger partial charge on any atom is 0.145 e. The van der Waals surface area contributed by atoms with E-state index in [9.17, 15) is 9.50 Å². The fourth-order valence-electron chi connectivity index (χ4n) is 2.04. The minimum Gasteiger partial charge on any atom is -0.396 e. The summed E-state index contributed by atoms with van der Waals surface area (Å²) in [5.41, 5.74) is 5.82. The van der Waals surface area contributed by atoms with Crippen LogP contribution in [0, 0.1) is 11.2 Å². The summed E-state index contributed by atoms with van der Waals surface area (Å²) in [6, 6.07) is 4.95. The second-order valence-electron chi connectivity index (χ2n) is 4.12. The van der Waals surface area contributed by atoms with Gasteiger partial charge in [-0.05, 0) is 24.0 Å². The van der Waals surface area contributed by atoms with Crippen molar-refractivity contribution in [3.8, 4) is 0 Å². The van der Waals surface area contributed by atoms with Gasteiger partial charge in [0.2, 0.25) is 0 Å². The zero-order chi connectivity index (χ0) is 11.1. The predicted molar refractivity (Wildman–Crippen MR) is 57.3 cm³/mol. The van der Waals surface area contributed by atoms with Crippen LogP contribution in [0.5, 0.6) is 0 Å². The zero-order valence-electron chi connectivity index (χ0n) is 8.21. The third-order valence-corrected chi connectivity index (χ3v) is 3.56. The molecule has 15 heavy (non-hydrogen) atoms. The quantitative estimate of drug-likeness (QED) is 0.832. The van der Waals surface area contributed by atoms with Crippen LogP contribution in [-0.2, 0) is 0 Å². The molecule has 4 heteroatoms. The number of hydrogen-bond acceptors (Lipinski definition) is 2. The van der Waals surface area contributed by atoms with Crippen LogP contribution in [0.1, 0.15) is 17.9 Å². The van der Waals surface area contributed by atoms with Crippen molar-refractivity contribution in [3.05, 3.63) is 34.6 Å². The number of hydrogen-bond donors (Lipinski definition) is 2. The molecule has 0 aliphatic heterocycles. The minimum absolute atomic E-state index is 0.000119. The molecule has 0 aromatic heterocycles. The van der Waals surface area contributed by atoms with E-state index in [1.165, 1.54) is 6.07 Å². The van der Waals surface area contributed by atoms with Gasteiger partial charge in [-0.2, -0.15) is 0 Å². The highest BCUT2D eigenvalue weighted by Crippen LogP contribution is 2.59. The molecular weight excluding hydrogens is 217 g/mol. The molecule has 1 fully saturated rings. The van der Waals surface area contributed by atoms with Crippen molar-refractivity contribution >= 4 is 11.6 Å². The van der Waals surface area contributed by atoms with Gasteiger partial charge in [-0.1, -0.05) is 23.7 Å². The second-order valence-corrected chi connectivity index (χ2v) is 4.53. The van der Waals surface area contributed by atoms with Crippen molar-refractivity contribution in [1.29, 1.82) is 0 Å². The number of nitrogens with two attached hydrogens (primary N) is 1. The Labute approximate surface area is 92.9 Å². The van der Waals surface area contributed by atoms with Gasteiger partial charge in [0.25, 0.3) is 0 Å². The zero-order valence-corrected chi connectivity index (χ0v) is 8.97. The molecule has 1 aromatic rings. The van der Waals surface area contributed by atoms with Crippen LogP contribution in [0.25, 0.3) is 0 Å². The van der Waals surface area contributed by atoms with Gasteiger partial charge in [-0.25, -0.2) is 4.39 Å². The van der Waals surface area contributed by atoms with Gasteiger partial charge in [-0.15, -0.1) is 0 Å². The third-order valence-electron chi connectivity index (χ3n) is 3.27. The van der Waals surface area contributed by atoms with Crippen LogP contribution in [0.4, 0.5) is 4.39 Å². The lowest BCUT2D eigenvalue weighted by Crippen LogP contribution is -2.21. The first-order valence-corrected chi connectivity index (χ1v) is 5.27. The monoisotopic (exact) mass is 229 g/mol. The Kier molecular flexibility index (Phi) is 2.71. The first-order chi connectivity index (χ1) is 7.14. The molecule has 0 bridgehead atoms. The molecule has 1 saturated carbocycles. The molecule has 3 N–H and O–H groups in total. The molecule has 0 radical (unpaired) electrons. The molecule has 0 amide bonds. The summed E-state index contributed by atoms with van der Waals surface area (Å²) in [7, 11) is 0. The van der Waals surface area contributed by atoms with E-state index < -0.39 is 0 Å². The van der Waals surface area contributed by atoms with Crippen LogP contribution in [-0.4, -0.2) is 18.3 Å². The molecule has 1 aliphatic carbocycles. The summed E-state index contributed by atoms with van der Waals surface area (Å²) in [4.78, 5) is 0. The Morgan fingerprint density at radius 1 is 1.60 bits per heavy atom. The van der Waals surface area contributed by atoms with Crippen molar-refractivity contribution in [3.63, 3.8) is 0 Å². The Balaban J connectivity index is 2.30. The Bertz CT molecular complexity index is 379. The van der Waals surface area contributed by atoms with E-state index in [1.807, 2.05) is 0 Å². The van der Waals surface area contributed by atoms with Crippen molar-refractivity contribution in [2.75, 3.05) is 13.2 Å². The minimum atomic E-state index is -0.382. The number of rotatable bonds is 3. The van der Waals surface area contributed by atoms with Crippen LogP contribution >= 0.6 is 11.6 Å². The van der Waals surface area contributed by atoms with Gasteiger partial charge < -0.3 is 10.8 Å². The number of aliphatic hydroxyl groups excluding tert-OH is 1. The van der Waals surface area contributed by atoms with Gasteiger partial charge in [0.05, 0.1) is 11.6 Å². The largest absolute Gasteiger partial charge is 0.396 e. The average molecular weight is 230 g/mol. The number of halogens is 2. The average Bonchev–Trinajstić information content (AvgIpc) is 2.97. The molecule has 82 valence electrons. The maximum atomic E-state index is 13.7. The van der Waals surface area contributed by atoms with Gasteiger partial charge in [0, 0.05) is 12.0 Å². The Morgan fingerprint density at radius 2 is 2.33 bits per heavy atom. The molecule has 2 atom stereocenters. The third kappa shape index (κ3) is 1.65. The predicted octanol–water partition coefficient (Wildman–Crippen LogP) is 1.90. The topological polar surface area (TPSA) is 46.2 Å². The highest BCUT2D eigenvalue weighted by molar-refractivity contribution is 6.30. The van der Waals surface area contributed by atoms with Gasteiger partial charge in [0.1, 0.15) is 5.82 Å². The fraction of sp³-hybridized carbons (Fsp3) is 0.455. The second kappa shape index (κ2) is 3.74. The first kappa shape index (κ1) is 10.9. The van der Waals surface area contributed by atoms with E-state index in [-0.39, 0.29) is 28.8 Å². The smallest absolute Gasteiger partial charge is 0.145 e. The van der Waals surface area contributed by atoms with Crippen LogP contribution in [0.2, 0.25) is 5.02 Å². The summed E-state index contributed by atoms with van der Waals surface area (Å²) >= 11 is 5.70. The molecule has 0 spiro atoms. The van der Waals surface area contributed by atoms with Gasteiger partial charge in [0.15, 0.2) is 0 Å². The molecule has 0 heterocycles. The van der Waals surface area contributed by atoms with Crippen LogP contribution in [0.15, 0.2) is 18.2 Å². The van der Waals surface area contributed by atoms with Crippen molar-refractivity contribution < 1.29 is 9.50 Å². The summed E-state index contributed by atoms with van der Waals surface area (Å²) in [5.74, 6) is -0.376. The summed E-state index contributed by atoms with van der Waals surface area (Å²) in [5, 5.41) is 9.34. The highest BCUT2D eigenvalue weighted by Gasteiger charge is 2.54. The lowest BCUT2D eigenvalue weighted by Gasteiger charge is -2.11. The van der Waals surface area contributed by atoms with Crippen molar-refractivity contribution in [2.45, 2.75) is 12.3 Å². The molecule has 1 aromatic carbocycles. The lowest BCUT2D eigenvalue weighted by atomic mass is 10.00. The molecular formula is C11H13ClFNO. The van der Waals surface area contributed by atoms with E-state index in [1.54, 1.807) is 12.1 Å². The lowest BCUT2D eigenvalue weighted by molar-refractivity contribution is 0.211. The summed E-state index contributed by atoms with van der Waals surface area (Å²) in [6.45, 7) is 0.375. The van der Waals surface area contributed by atoms with Crippen LogP contribution in [0.3, 0.4) is 0 Å². The van der Waals surface area contributed by atoms with E-state index in [4.69, 9.17) is 17.3 Å². The standard InChI is InChI=1S/C11H13ClFNO/c12-9-3-1-2-7(10(9)13)8-4-11(8,5-14)6-15/h1-3,8,15H,4-6,14H2. The fourth-order valence-corrected chi connectivity index (χ4v) is 2.22. The Hall–Kier alpha value is -0.640. The molecule has 2 nitrogen and oxygen atoms in total.